The Balaban J connectivity index is 1.94. The second-order valence-corrected chi connectivity index (χ2v) is 8.00. The lowest BCUT2D eigenvalue weighted by atomic mass is 10.0. The summed E-state index contributed by atoms with van der Waals surface area (Å²) in [4.78, 5) is 26.3. The maximum absolute atomic E-state index is 12.9. The number of nitrogens with zero attached hydrogens (tertiary/aromatic N) is 1. The Labute approximate surface area is 146 Å². The van der Waals surface area contributed by atoms with Gasteiger partial charge in [0.1, 0.15) is 0 Å². The molecule has 1 saturated heterocycles. The number of para-hydroxylation sites is 1. The van der Waals surface area contributed by atoms with Crippen LogP contribution in [-0.2, 0) is 14.5 Å². The fraction of sp³-hybridized carbons (Fsp3) is 0.176. The lowest BCUT2D eigenvalue weighted by molar-refractivity contribution is -0.122. The number of carbonyl (C=O) groups is 2. The molecule has 2 atom stereocenters. The number of nitrogens with one attached hydrogen (secondary N) is 1. The fourth-order valence-electron chi connectivity index (χ4n) is 3.15. The van der Waals surface area contributed by atoms with Crippen molar-refractivity contribution >= 4 is 50.9 Å². The third kappa shape index (κ3) is 1.98. The van der Waals surface area contributed by atoms with E-state index in [0.717, 1.165) is 21.4 Å². The van der Waals surface area contributed by atoms with Gasteiger partial charge in [0.2, 0.25) is 10.8 Å². The number of rotatable bonds is 1. The van der Waals surface area contributed by atoms with Gasteiger partial charge in [-0.3, -0.25) is 14.5 Å². The highest BCUT2D eigenvalue weighted by atomic mass is 79.9. The summed E-state index contributed by atoms with van der Waals surface area (Å²) in [6, 6.07) is 15.0. The molecule has 2 amide bonds. The van der Waals surface area contributed by atoms with Gasteiger partial charge in [0.25, 0.3) is 5.91 Å². The minimum Gasteiger partial charge on any atom is -0.323 e. The molecule has 0 unspecified atom stereocenters. The van der Waals surface area contributed by atoms with E-state index in [0.29, 0.717) is 0 Å². The van der Waals surface area contributed by atoms with Crippen LogP contribution >= 0.6 is 27.7 Å². The molecule has 23 heavy (non-hydrogen) atoms. The highest BCUT2D eigenvalue weighted by molar-refractivity contribution is 9.10. The van der Waals surface area contributed by atoms with Gasteiger partial charge in [0.05, 0.1) is 5.25 Å². The number of benzene rings is 2. The molecule has 0 radical (unpaired) electrons. The van der Waals surface area contributed by atoms with Crippen molar-refractivity contribution in [2.24, 2.45) is 0 Å². The third-order valence-electron chi connectivity index (χ3n) is 4.16. The van der Waals surface area contributed by atoms with Gasteiger partial charge < -0.3 is 5.32 Å². The smallest absolute Gasteiger partial charge is 0.266 e. The lowest BCUT2D eigenvalue weighted by Gasteiger charge is -2.32. The van der Waals surface area contributed by atoms with Crippen LogP contribution in [0.2, 0.25) is 0 Å². The van der Waals surface area contributed by atoms with E-state index in [4.69, 9.17) is 0 Å². The first-order valence-corrected chi connectivity index (χ1v) is 8.90. The molecule has 0 aliphatic carbocycles. The van der Waals surface area contributed by atoms with Crippen molar-refractivity contribution in [2.45, 2.75) is 17.0 Å². The van der Waals surface area contributed by atoms with Crippen molar-refractivity contribution in [1.29, 1.82) is 0 Å². The number of hydrogen-bond donors (Lipinski definition) is 1. The molecule has 2 aliphatic rings. The molecular formula is C17H13BrN2O2S. The molecule has 4 nitrogen and oxygen atoms in total. The maximum Gasteiger partial charge on any atom is 0.266 e. The van der Waals surface area contributed by atoms with Gasteiger partial charge in [-0.2, -0.15) is 0 Å². The van der Waals surface area contributed by atoms with Gasteiger partial charge in [-0.15, -0.1) is 11.8 Å². The Morgan fingerprint density at radius 1 is 1.13 bits per heavy atom. The Morgan fingerprint density at radius 3 is 2.57 bits per heavy atom. The number of thioether (sulfide) groups is 1. The first kappa shape index (κ1) is 14.8. The van der Waals surface area contributed by atoms with Crippen LogP contribution in [0.25, 0.3) is 0 Å². The highest BCUT2D eigenvalue weighted by Gasteiger charge is 2.60. The predicted molar refractivity (Wildman–Crippen MR) is 95.4 cm³/mol. The summed E-state index contributed by atoms with van der Waals surface area (Å²) in [6.45, 7) is 1.85. The number of hydrogen-bond acceptors (Lipinski definition) is 3. The number of anilines is 2. The lowest BCUT2D eigenvalue weighted by Crippen LogP contribution is -2.47. The van der Waals surface area contributed by atoms with Crippen molar-refractivity contribution in [3.05, 3.63) is 58.6 Å². The first-order valence-electron chi connectivity index (χ1n) is 7.22. The minimum absolute atomic E-state index is 0.0517. The van der Waals surface area contributed by atoms with E-state index in [2.05, 4.69) is 21.2 Å². The number of fused-ring (bicyclic) bond motifs is 2. The molecule has 6 heteroatoms. The van der Waals surface area contributed by atoms with Gasteiger partial charge in [0, 0.05) is 21.4 Å². The average molecular weight is 389 g/mol. The van der Waals surface area contributed by atoms with Crippen LogP contribution in [0, 0.1) is 0 Å². The molecule has 1 fully saturated rings. The molecule has 0 aromatic heterocycles. The summed E-state index contributed by atoms with van der Waals surface area (Å²) in [5.41, 5.74) is 2.34. The van der Waals surface area contributed by atoms with Crippen LogP contribution in [0.1, 0.15) is 12.5 Å². The fourth-order valence-corrected chi connectivity index (χ4v) is 4.90. The number of amides is 2. The summed E-state index contributed by atoms with van der Waals surface area (Å²) >= 11 is 4.80. The Bertz CT molecular complexity index is 824. The monoisotopic (exact) mass is 388 g/mol. The van der Waals surface area contributed by atoms with Crippen LogP contribution in [0.15, 0.2) is 53.0 Å². The molecule has 0 bridgehead atoms. The zero-order chi connectivity index (χ0) is 16.2. The first-order chi connectivity index (χ1) is 11.0. The number of carbonyl (C=O) groups excluding carboxylic acids is 2. The van der Waals surface area contributed by atoms with E-state index in [1.165, 1.54) is 11.8 Å². The molecule has 2 heterocycles. The van der Waals surface area contributed by atoms with Crippen LogP contribution in [0.4, 0.5) is 11.4 Å². The summed E-state index contributed by atoms with van der Waals surface area (Å²) in [5, 5.41) is 2.64. The van der Waals surface area contributed by atoms with Crippen molar-refractivity contribution in [3.8, 4) is 0 Å². The summed E-state index contributed by atoms with van der Waals surface area (Å²) < 4.78 is 0.930. The van der Waals surface area contributed by atoms with E-state index in [1.54, 1.807) is 4.90 Å². The van der Waals surface area contributed by atoms with E-state index in [9.17, 15) is 9.59 Å². The average Bonchev–Trinajstić information content (AvgIpc) is 2.97. The van der Waals surface area contributed by atoms with Gasteiger partial charge in [-0.1, -0.05) is 34.1 Å². The van der Waals surface area contributed by atoms with Crippen molar-refractivity contribution in [1.82, 2.24) is 0 Å². The Morgan fingerprint density at radius 2 is 1.83 bits per heavy atom. The van der Waals surface area contributed by atoms with Crippen molar-refractivity contribution in [2.75, 3.05) is 10.2 Å². The molecule has 116 valence electrons. The third-order valence-corrected chi connectivity index (χ3v) is 6.18. The molecule has 2 aromatic rings. The molecule has 2 aliphatic heterocycles. The summed E-state index contributed by atoms with van der Waals surface area (Å²) in [7, 11) is 0. The molecule has 1 spiro atoms. The zero-order valence-electron chi connectivity index (χ0n) is 12.2. The van der Waals surface area contributed by atoms with Crippen LogP contribution in [0.5, 0.6) is 0 Å². The maximum atomic E-state index is 12.9. The Hall–Kier alpha value is -1.79. The summed E-state index contributed by atoms with van der Waals surface area (Å²) in [6.07, 6.45) is 0. The highest BCUT2D eigenvalue weighted by Crippen LogP contribution is 2.55. The molecule has 1 N–H and O–H groups in total. The van der Waals surface area contributed by atoms with Crippen LogP contribution in [0.3, 0.4) is 0 Å². The second-order valence-electron chi connectivity index (χ2n) is 5.55. The SMILES string of the molecule is C[C@@H]1S[C@]2(C(=O)Nc3ccccc32)N(c2ccc(Br)cc2)C1=O. The quantitative estimate of drug-likeness (QED) is 0.809. The van der Waals surface area contributed by atoms with Gasteiger partial charge in [-0.25, -0.2) is 0 Å². The predicted octanol–water partition coefficient (Wildman–Crippen LogP) is 3.72. The van der Waals surface area contributed by atoms with Gasteiger partial charge in [-0.05, 0) is 37.3 Å². The van der Waals surface area contributed by atoms with E-state index >= 15 is 0 Å². The van der Waals surface area contributed by atoms with E-state index in [1.807, 2.05) is 55.5 Å². The normalized spacial score (nSPS) is 25.8. The molecule has 4 rings (SSSR count). The summed E-state index contributed by atoms with van der Waals surface area (Å²) in [5.74, 6) is -0.214. The van der Waals surface area contributed by atoms with Crippen molar-refractivity contribution < 1.29 is 9.59 Å². The standard InChI is InChI=1S/C17H13BrN2O2S/c1-10-15(21)20(12-8-6-11(18)7-9-12)17(23-10)13-4-2-3-5-14(13)19-16(17)22/h2-10H,1H3,(H,19,22)/t10-,17+/m0/s1. The largest absolute Gasteiger partial charge is 0.323 e. The topological polar surface area (TPSA) is 49.4 Å². The molecule has 0 saturated carbocycles. The van der Waals surface area contributed by atoms with Crippen LogP contribution in [-0.4, -0.2) is 17.1 Å². The van der Waals surface area contributed by atoms with E-state index in [-0.39, 0.29) is 17.1 Å². The van der Waals surface area contributed by atoms with Gasteiger partial charge in [0.15, 0.2) is 0 Å². The van der Waals surface area contributed by atoms with Crippen molar-refractivity contribution in [3.63, 3.8) is 0 Å². The van der Waals surface area contributed by atoms with Crippen LogP contribution < -0.4 is 10.2 Å². The zero-order valence-corrected chi connectivity index (χ0v) is 14.6. The van der Waals surface area contributed by atoms with Gasteiger partial charge >= 0.3 is 0 Å². The molecule has 2 aromatic carbocycles. The Kier molecular flexibility index (Phi) is 3.28. The molecular weight excluding hydrogens is 376 g/mol. The minimum atomic E-state index is -1.03. The number of halogens is 1. The van der Waals surface area contributed by atoms with E-state index < -0.39 is 4.87 Å². The second kappa shape index (κ2) is 5.11.